The molecule has 0 amide bonds. The Morgan fingerprint density at radius 3 is 1.97 bits per heavy atom. The minimum absolute atomic E-state index is 0.0134. The van der Waals surface area contributed by atoms with E-state index in [1.807, 2.05) is 60.7 Å². The number of fused-ring (bicyclic) bond motifs is 1. The van der Waals surface area contributed by atoms with E-state index in [1.54, 1.807) is 31.2 Å². The van der Waals surface area contributed by atoms with Gasteiger partial charge in [0, 0.05) is 0 Å². The highest BCUT2D eigenvalue weighted by Crippen LogP contribution is 2.31. The van der Waals surface area contributed by atoms with Gasteiger partial charge in [0.2, 0.25) is 0 Å². The van der Waals surface area contributed by atoms with E-state index in [-0.39, 0.29) is 5.82 Å². The number of carbonyl (C=O) groups excluding carboxylic acids is 1. The van der Waals surface area contributed by atoms with Crippen LogP contribution in [0.5, 0.6) is 0 Å². The molecule has 0 saturated carbocycles. The van der Waals surface area contributed by atoms with Crippen LogP contribution < -0.4 is 0 Å². The molecule has 1 unspecified atom stereocenters. The van der Waals surface area contributed by atoms with Gasteiger partial charge in [-0.05, 0) is 30.2 Å². The average molecular weight is 406 g/mol. The summed E-state index contributed by atoms with van der Waals surface area (Å²) in [6.45, 7) is -1.24. The lowest BCUT2D eigenvalue weighted by Crippen LogP contribution is -2.21. The molecule has 0 bridgehead atoms. The fourth-order valence-electron chi connectivity index (χ4n) is 3.61. The number of rotatable bonds is 6. The molecule has 30 heavy (non-hydrogen) atoms. The van der Waals surface area contributed by atoms with E-state index in [4.69, 9.17) is 4.74 Å². The summed E-state index contributed by atoms with van der Waals surface area (Å²) in [6.07, 6.45) is -0.950. The fraction of sp³-hybridized carbons (Fsp3) is 0.167. The normalized spacial score (nSPS) is 12.4. The highest BCUT2D eigenvalue weighted by Gasteiger charge is 2.29. The molecule has 0 radical (unpaired) electrons. The lowest BCUT2D eigenvalue weighted by molar-refractivity contribution is -0.150. The van der Waals surface area contributed by atoms with Crippen LogP contribution in [0.25, 0.3) is 11.0 Å². The summed E-state index contributed by atoms with van der Waals surface area (Å²) in [6, 6.07) is 25.1. The molecule has 0 aliphatic rings. The van der Waals surface area contributed by atoms with Crippen LogP contribution in [-0.4, -0.2) is 15.5 Å². The lowest BCUT2D eigenvalue weighted by atomic mass is 9.91. The molecule has 1 aromatic heterocycles. The molecule has 6 heteroatoms. The maximum Gasteiger partial charge on any atom is 0.320 e. The van der Waals surface area contributed by atoms with Gasteiger partial charge in [-0.2, -0.15) is 8.78 Å². The Labute approximate surface area is 172 Å². The summed E-state index contributed by atoms with van der Waals surface area (Å²) in [7, 11) is 0. The molecule has 1 heterocycles. The number of halogens is 2. The topological polar surface area (TPSA) is 44.1 Å². The first-order valence-corrected chi connectivity index (χ1v) is 9.61. The Kier molecular flexibility index (Phi) is 5.57. The number of nitrogens with zero attached hydrogens (tertiary/aromatic N) is 2. The maximum atomic E-state index is 13.8. The Balaban J connectivity index is 1.68. The van der Waals surface area contributed by atoms with Crippen molar-refractivity contribution in [2.75, 3.05) is 0 Å². The van der Waals surface area contributed by atoms with Crippen LogP contribution in [0.2, 0.25) is 0 Å². The van der Waals surface area contributed by atoms with E-state index in [2.05, 4.69) is 4.98 Å². The third-order valence-electron chi connectivity index (χ3n) is 4.98. The number of aromatic nitrogens is 2. The number of imidazole rings is 1. The van der Waals surface area contributed by atoms with Crippen molar-refractivity contribution >= 4 is 17.0 Å². The molecule has 3 aromatic carbocycles. The molecule has 4 aromatic rings. The van der Waals surface area contributed by atoms with Gasteiger partial charge in [-0.1, -0.05) is 72.8 Å². The zero-order chi connectivity index (χ0) is 21.1. The summed E-state index contributed by atoms with van der Waals surface area (Å²) in [4.78, 5) is 17.5. The van der Waals surface area contributed by atoms with E-state index in [0.29, 0.717) is 11.0 Å². The molecule has 0 N–H and O–H groups in total. The molecule has 0 aliphatic heterocycles. The SMILES string of the molecule is CC(OC(=O)C(c1ccccc1)c1ccccc1)c1nc2ccccc2n1C(F)F. The third kappa shape index (κ3) is 3.81. The number of ether oxygens (including phenoxy) is 1. The number of para-hydroxylation sites is 2. The summed E-state index contributed by atoms with van der Waals surface area (Å²) >= 11 is 0. The maximum absolute atomic E-state index is 13.8. The van der Waals surface area contributed by atoms with Crippen LogP contribution in [-0.2, 0) is 9.53 Å². The number of benzene rings is 3. The second kappa shape index (κ2) is 8.45. The molecular formula is C24H20F2N2O2. The van der Waals surface area contributed by atoms with Crippen molar-refractivity contribution in [2.45, 2.75) is 25.5 Å². The van der Waals surface area contributed by atoms with Gasteiger partial charge < -0.3 is 4.74 Å². The van der Waals surface area contributed by atoms with Crippen LogP contribution >= 0.6 is 0 Å². The van der Waals surface area contributed by atoms with Crippen LogP contribution in [0, 0.1) is 0 Å². The number of esters is 1. The molecule has 4 nitrogen and oxygen atoms in total. The standard InChI is InChI=1S/C24H20F2N2O2/c1-16(22-27-19-14-8-9-15-20(19)28(22)24(25)26)30-23(29)21(17-10-4-2-5-11-17)18-12-6-3-7-13-18/h2-16,21,24H,1H3. The van der Waals surface area contributed by atoms with Gasteiger partial charge >= 0.3 is 12.5 Å². The van der Waals surface area contributed by atoms with E-state index in [0.717, 1.165) is 15.7 Å². The molecule has 152 valence electrons. The molecule has 1 atom stereocenters. The number of hydrogen-bond donors (Lipinski definition) is 0. The van der Waals surface area contributed by atoms with Crippen molar-refractivity contribution < 1.29 is 18.3 Å². The fourth-order valence-corrected chi connectivity index (χ4v) is 3.61. The van der Waals surface area contributed by atoms with E-state index in [9.17, 15) is 13.6 Å². The van der Waals surface area contributed by atoms with Gasteiger partial charge in [0.25, 0.3) is 0 Å². The zero-order valence-electron chi connectivity index (χ0n) is 16.3. The minimum Gasteiger partial charge on any atom is -0.454 e. The second-order valence-corrected chi connectivity index (χ2v) is 6.94. The number of hydrogen-bond acceptors (Lipinski definition) is 3. The van der Waals surface area contributed by atoms with Gasteiger partial charge in [0.1, 0.15) is 5.92 Å². The largest absolute Gasteiger partial charge is 0.454 e. The van der Waals surface area contributed by atoms with Crippen molar-refractivity contribution in [1.29, 1.82) is 0 Å². The quantitative estimate of drug-likeness (QED) is 0.376. The minimum atomic E-state index is -2.80. The highest BCUT2D eigenvalue weighted by atomic mass is 19.3. The Hall–Kier alpha value is -3.54. The van der Waals surface area contributed by atoms with Gasteiger partial charge in [0.05, 0.1) is 11.0 Å². The van der Waals surface area contributed by atoms with Crippen LogP contribution in [0.3, 0.4) is 0 Å². The van der Waals surface area contributed by atoms with Gasteiger partial charge in [-0.25, -0.2) is 4.98 Å². The molecule has 4 rings (SSSR count). The van der Waals surface area contributed by atoms with Gasteiger partial charge in [0.15, 0.2) is 11.9 Å². The zero-order valence-corrected chi connectivity index (χ0v) is 16.3. The predicted molar refractivity (Wildman–Crippen MR) is 110 cm³/mol. The summed E-state index contributed by atoms with van der Waals surface area (Å²) in [5, 5.41) is 0. The van der Waals surface area contributed by atoms with E-state index in [1.165, 1.54) is 0 Å². The van der Waals surface area contributed by atoms with E-state index < -0.39 is 24.5 Å². The lowest BCUT2D eigenvalue weighted by Gasteiger charge is -2.21. The Bertz CT molecular complexity index is 1100. The van der Waals surface area contributed by atoms with Gasteiger partial charge in [-0.15, -0.1) is 0 Å². The Morgan fingerprint density at radius 2 is 1.40 bits per heavy atom. The average Bonchev–Trinajstić information content (AvgIpc) is 3.15. The van der Waals surface area contributed by atoms with Crippen LogP contribution in [0.1, 0.15) is 42.4 Å². The van der Waals surface area contributed by atoms with Crippen molar-refractivity contribution in [3.63, 3.8) is 0 Å². The third-order valence-corrected chi connectivity index (χ3v) is 4.98. The first-order chi connectivity index (χ1) is 14.6. The summed E-state index contributed by atoms with van der Waals surface area (Å²) in [5.41, 5.74) is 2.26. The van der Waals surface area contributed by atoms with Gasteiger partial charge in [-0.3, -0.25) is 9.36 Å². The molecule has 0 aliphatic carbocycles. The van der Waals surface area contributed by atoms with Crippen molar-refractivity contribution in [2.24, 2.45) is 0 Å². The summed E-state index contributed by atoms with van der Waals surface area (Å²) < 4.78 is 34.0. The van der Waals surface area contributed by atoms with Crippen molar-refractivity contribution in [3.05, 3.63) is 102 Å². The number of carbonyl (C=O) groups is 1. The van der Waals surface area contributed by atoms with Crippen LogP contribution in [0.15, 0.2) is 84.9 Å². The van der Waals surface area contributed by atoms with Crippen LogP contribution in [0.4, 0.5) is 8.78 Å². The summed E-state index contributed by atoms with van der Waals surface area (Å²) in [5.74, 6) is -1.17. The molecule has 0 spiro atoms. The predicted octanol–water partition coefficient (Wildman–Crippen LogP) is 5.87. The molecular weight excluding hydrogens is 386 g/mol. The first kappa shape index (κ1) is 19.8. The van der Waals surface area contributed by atoms with E-state index >= 15 is 0 Å². The smallest absolute Gasteiger partial charge is 0.320 e. The first-order valence-electron chi connectivity index (χ1n) is 9.61. The monoisotopic (exact) mass is 406 g/mol. The molecule has 0 fully saturated rings. The second-order valence-electron chi connectivity index (χ2n) is 6.94. The van der Waals surface area contributed by atoms with Crippen molar-refractivity contribution in [1.82, 2.24) is 9.55 Å². The highest BCUT2D eigenvalue weighted by molar-refractivity contribution is 5.82. The molecule has 0 saturated heterocycles. The van der Waals surface area contributed by atoms with Crippen molar-refractivity contribution in [3.8, 4) is 0 Å². The Morgan fingerprint density at radius 1 is 0.867 bits per heavy atom. The number of alkyl halides is 2.